The first-order valence-electron chi connectivity index (χ1n) is 11.4. The fourth-order valence-electron chi connectivity index (χ4n) is 6.06. The molecule has 3 aromatic carbocycles. The Bertz CT molecular complexity index is 1210. The average molecular weight is 424 g/mol. The Balaban J connectivity index is 1.60. The van der Waals surface area contributed by atoms with Crippen LogP contribution in [0.15, 0.2) is 84.9 Å². The van der Waals surface area contributed by atoms with Gasteiger partial charge < -0.3 is 10.2 Å². The molecule has 1 spiro atoms. The maximum absolute atomic E-state index is 11.6. The van der Waals surface area contributed by atoms with Crippen molar-refractivity contribution in [3.05, 3.63) is 106 Å². The molecule has 0 amide bonds. The van der Waals surface area contributed by atoms with Gasteiger partial charge in [0.05, 0.1) is 16.3 Å². The molecule has 3 aromatic rings. The zero-order chi connectivity index (χ0) is 21.7. The van der Waals surface area contributed by atoms with Gasteiger partial charge in [-0.3, -0.25) is 10.1 Å². The van der Waals surface area contributed by atoms with Gasteiger partial charge in [-0.25, -0.2) is 0 Å². The molecule has 3 atom stereocenters. The van der Waals surface area contributed by atoms with Gasteiger partial charge in [0, 0.05) is 29.7 Å². The van der Waals surface area contributed by atoms with Gasteiger partial charge in [-0.1, -0.05) is 73.2 Å². The van der Waals surface area contributed by atoms with E-state index in [2.05, 4.69) is 70.9 Å². The second-order valence-corrected chi connectivity index (χ2v) is 9.05. The van der Waals surface area contributed by atoms with E-state index in [9.17, 15) is 10.1 Å². The van der Waals surface area contributed by atoms with Gasteiger partial charge in [0.2, 0.25) is 0 Å². The SMILES string of the molecule is O=[N+]([O-])c1ccc2c(c1)N1C(c3ccccc3)=C[C@H](c3ccccc3)[C@@H]3CCCC[C@@]31N2. The highest BCUT2D eigenvalue weighted by Crippen LogP contribution is 2.59. The summed E-state index contributed by atoms with van der Waals surface area (Å²) in [4.78, 5) is 13.7. The van der Waals surface area contributed by atoms with Crippen LogP contribution in [-0.4, -0.2) is 10.6 Å². The van der Waals surface area contributed by atoms with Crippen LogP contribution in [0.2, 0.25) is 0 Å². The fraction of sp³-hybridized carbons (Fsp3) is 0.259. The molecule has 0 bridgehead atoms. The topological polar surface area (TPSA) is 58.4 Å². The van der Waals surface area contributed by atoms with E-state index in [0.29, 0.717) is 5.92 Å². The Morgan fingerprint density at radius 2 is 1.72 bits per heavy atom. The molecule has 1 N–H and O–H groups in total. The number of anilines is 2. The van der Waals surface area contributed by atoms with Crippen LogP contribution >= 0.6 is 0 Å². The van der Waals surface area contributed by atoms with E-state index in [1.807, 2.05) is 12.1 Å². The Morgan fingerprint density at radius 3 is 2.47 bits per heavy atom. The maximum Gasteiger partial charge on any atom is 0.271 e. The Morgan fingerprint density at radius 1 is 0.969 bits per heavy atom. The highest BCUT2D eigenvalue weighted by molar-refractivity contribution is 5.94. The lowest BCUT2D eigenvalue weighted by molar-refractivity contribution is -0.384. The number of allylic oxidation sites excluding steroid dienone is 1. The molecular weight excluding hydrogens is 398 g/mol. The molecule has 0 radical (unpaired) electrons. The molecule has 1 saturated carbocycles. The van der Waals surface area contributed by atoms with Crippen molar-refractivity contribution in [2.24, 2.45) is 5.92 Å². The highest BCUT2D eigenvalue weighted by atomic mass is 16.6. The molecule has 32 heavy (non-hydrogen) atoms. The van der Waals surface area contributed by atoms with Crippen LogP contribution in [0.3, 0.4) is 0 Å². The fourth-order valence-corrected chi connectivity index (χ4v) is 6.06. The van der Waals surface area contributed by atoms with Gasteiger partial charge in [0.1, 0.15) is 5.66 Å². The number of rotatable bonds is 3. The lowest BCUT2D eigenvalue weighted by Crippen LogP contribution is -2.60. The van der Waals surface area contributed by atoms with Gasteiger partial charge in [0.25, 0.3) is 5.69 Å². The zero-order valence-electron chi connectivity index (χ0n) is 17.8. The molecule has 0 aromatic heterocycles. The van der Waals surface area contributed by atoms with Crippen molar-refractivity contribution in [2.45, 2.75) is 37.3 Å². The summed E-state index contributed by atoms with van der Waals surface area (Å²) >= 11 is 0. The van der Waals surface area contributed by atoms with E-state index in [0.717, 1.165) is 41.9 Å². The summed E-state index contributed by atoms with van der Waals surface area (Å²) in [5.41, 5.74) is 5.34. The van der Waals surface area contributed by atoms with E-state index < -0.39 is 0 Å². The summed E-state index contributed by atoms with van der Waals surface area (Å²) in [6.45, 7) is 0. The van der Waals surface area contributed by atoms with Crippen molar-refractivity contribution in [2.75, 3.05) is 10.2 Å². The second-order valence-electron chi connectivity index (χ2n) is 9.05. The van der Waals surface area contributed by atoms with E-state index in [4.69, 9.17) is 0 Å². The monoisotopic (exact) mass is 423 g/mol. The van der Waals surface area contributed by atoms with E-state index in [1.165, 1.54) is 12.0 Å². The molecule has 5 heteroatoms. The Kier molecular flexibility index (Phi) is 4.32. The van der Waals surface area contributed by atoms with Gasteiger partial charge in [-0.2, -0.15) is 0 Å². The van der Waals surface area contributed by atoms with Crippen molar-refractivity contribution in [3.63, 3.8) is 0 Å². The summed E-state index contributed by atoms with van der Waals surface area (Å²) < 4.78 is 0. The minimum absolute atomic E-state index is 0.132. The van der Waals surface area contributed by atoms with Gasteiger partial charge >= 0.3 is 0 Å². The normalized spacial score (nSPS) is 25.8. The summed E-state index contributed by atoms with van der Waals surface area (Å²) in [5, 5.41) is 15.5. The standard InChI is InChI=1S/C27H25N3O2/c31-30(32)21-14-15-24-26(17-21)29-25(20-11-5-2-6-12-20)18-22(19-9-3-1-4-10-19)23-13-7-8-16-27(23,29)28-24/h1-6,9-12,14-15,17-18,22-23,28H,7-8,13,16H2/t22-,23+,27+/m1/s1. The van der Waals surface area contributed by atoms with Crippen LogP contribution in [0.25, 0.3) is 5.70 Å². The molecule has 160 valence electrons. The number of hydrogen-bond donors (Lipinski definition) is 1. The molecule has 0 unspecified atom stereocenters. The Labute approximate surface area is 187 Å². The number of nitrogens with one attached hydrogen (secondary N) is 1. The van der Waals surface area contributed by atoms with E-state index in [-0.39, 0.29) is 22.2 Å². The smallest absolute Gasteiger partial charge is 0.271 e. The largest absolute Gasteiger partial charge is 0.360 e. The lowest BCUT2D eigenvalue weighted by atomic mass is 9.66. The first kappa shape index (κ1) is 19.1. The second kappa shape index (κ2) is 7.23. The van der Waals surface area contributed by atoms with Crippen LogP contribution in [0.5, 0.6) is 0 Å². The zero-order valence-corrected chi connectivity index (χ0v) is 17.8. The minimum Gasteiger partial charge on any atom is -0.360 e. The van der Waals surface area contributed by atoms with Crippen LogP contribution < -0.4 is 10.2 Å². The van der Waals surface area contributed by atoms with Crippen molar-refractivity contribution in [3.8, 4) is 0 Å². The van der Waals surface area contributed by atoms with E-state index in [1.54, 1.807) is 12.1 Å². The maximum atomic E-state index is 11.6. The predicted molar refractivity (Wildman–Crippen MR) is 127 cm³/mol. The van der Waals surface area contributed by atoms with Gasteiger partial charge in [-0.15, -0.1) is 0 Å². The van der Waals surface area contributed by atoms with Gasteiger partial charge in [0.15, 0.2) is 0 Å². The molecule has 2 aliphatic heterocycles. The number of benzene rings is 3. The number of nitro groups is 1. The predicted octanol–water partition coefficient (Wildman–Crippen LogP) is 6.55. The van der Waals surface area contributed by atoms with Crippen molar-refractivity contribution >= 4 is 22.8 Å². The average Bonchev–Trinajstić information content (AvgIpc) is 3.17. The van der Waals surface area contributed by atoms with Gasteiger partial charge in [-0.05, 0) is 36.5 Å². The van der Waals surface area contributed by atoms with Crippen LogP contribution in [0.4, 0.5) is 17.1 Å². The molecule has 6 rings (SSSR count). The third-order valence-electron chi connectivity index (χ3n) is 7.39. The summed E-state index contributed by atoms with van der Waals surface area (Å²) in [6, 6.07) is 26.4. The molecular formula is C27H25N3O2. The first-order valence-corrected chi connectivity index (χ1v) is 11.4. The number of nitrogens with zero attached hydrogens (tertiary/aromatic N) is 2. The number of non-ortho nitro benzene ring substituents is 1. The summed E-state index contributed by atoms with van der Waals surface area (Å²) in [5.74, 6) is 0.650. The van der Waals surface area contributed by atoms with Crippen molar-refractivity contribution in [1.82, 2.24) is 0 Å². The highest BCUT2D eigenvalue weighted by Gasteiger charge is 2.56. The minimum atomic E-state index is -0.299. The van der Waals surface area contributed by atoms with Crippen molar-refractivity contribution in [1.29, 1.82) is 0 Å². The number of hydrogen-bond acceptors (Lipinski definition) is 4. The van der Waals surface area contributed by atoms with Crippen LogP contribution in [0.1, 0.15) is 42.7 Å². The summed E-state index contributed by atoms with van der Waals surface area (Å²) in [7, 11) is 0. The van der Waals surface area contributed by atoms with Crippen LogP contribution in [-0.2, 0) is 0 Å². The molecule has 1 fully saturated rings. The molecule has 2 heterocycles. The molecule has 5 nitrogen and oxygen atoms in total. The molecule has 1 aliphatic carbocycles. The lowest BCUT2D eigenvalue weighted by Gasteiger charge is -2.54. The van der Waals surface area contributed by atoms with Crippen LogP contribution in [0, 0.1) is 16.0 Å². The Hall–Kier alpha value is -3.60. The molecule has 0 saturated heterocycles. The molecule has 3 aliphatic rings. The third-order valence-corrected chi connectivity index (χ3v) is 7.39. The number of fused-ring (bicyclic) bond motifs is 2. The quantitative estimate of drug-likeness (QED) is 0.383. The van der Waals surface area contributed by atoms with Crippen molar-refractivity contribution < 1.29 is 4.92 Å². The number of nitro benzene ring substituents is 1. The first-order chi connectivity index (χ1) is 15.7. The summed E-state index contributed by atoms with van der Waals surface area (Å²) in [6.07, 6.45) is 6.87. The van der Waals surface area contributed by atoms with E-state index >= 15 is 0 Å². The third kappa shape index (κ3) is 2.77.